The van der Waals surface area contributed by atoms with Crippen molar-refractivity contribution in [3.8, 4) is 39.5 Å². The molecule has 3 aromatic heterocycles. The second-order valence-electron chi connectivity index (χ2n) is 12.6. The summed E-state index contributed by atoms with van der Waals surface area (Å²) in [4.78, 5) is 9.92. The summed E-state index contributed by atoms with van der Waals surface area (Å²) in [5.74, 6) is 1.45. The van der Waals surface area contributed by atoms with Gasteiger partial charge in [0, 0.05) is 39.1 Å². The fourth-order valence-electron chi connectivity index (χ4n) is 7.21. The summed E-state index contributed by atoms with van der Waals surface area (Å²) in [7, 11) is 0. The molecule has 0 amide bonds. The molecule has 0 atom stereocenters. The van der Waals surface area contributed by atoms with Gasteiger partial charge in [-0.1, -0.05) is 134 Å². The minimum atomic E-state index is 0.628. The number of aromatic nitrogens is 3. The van der Waals surface area contributed by atoms with Gasteiger partial charge in [0.2, 0.25) is 5.95 Å². The third-order valence-corrected chi connectivity index (χ3v) is 9.68. The molecule has 0 spiro atoms. The van der Waals surface area contributed by atoms with Crippen molar-refractivity contribution in [3.05, 3.63) is 187 Å². The summed E-state index contributed by atoms with van der Waals surface area (Å²) in [6.45, 7) is 6.16. The first kappa shape index (κ1) is 30.3. The number of furan rings is 1. The highest BCUT2D eigenvalue weighted by atomic mass is 16.3. The smallest absolute Gasteiger partial charge is 0.235 e. The Morgan fingerprint density at radius 3 is 2.06 bits per heavy atom. The molecule has 0 saturated carbocycles. The molecule has 0 aliphatic heterocycles. The highest BCUT2D eigenvalue weighted by molar-refractivity contribution is 6.10. The van der Waals surface area contributed by atoms with Crippen molar-refractivity contribution in [2.45, 2.75) is 6.92 Å². The molecule has 3 heterocycles. The average Bonchev–Trinajstić information content (AvgIpc) is 3.74. The first-order valence-corrected chi connectivity index (χ1v) is 17.1. The number of fused-ring (bicyclic) bond motifs is 4. The molecule has 0 N–H and O–H groups in total. The standard InChI is InChI=1S/C47H33N3O/c1-3-37(46-38(4-2)40-18-9-11-20-45(40)51-46)36-25-26-44-41(30-36)39-17-8-10-19-43(39)50(44)47-48-28-27-42(49-47)33-23-21-32(22-24-33)35-16-12-15-34(29-35)31-13-6-5-7-14-31/h3-30H,2H2,1H3/b37-3-. The maximum atomic E-state index is 6.42. The van der Waals surface area contributed by atoms with Crippen molar-refractivity contribution in [2.75, 3.05) is 0 Å². The molecule has 0 unspecified atom stereocenters. The molecular weight excluding hydrogens is 623 g/mol. The molecule has 9 rings (SSSR count). The van der Waals surface area contributed by atoms with Crippen molar-refractivity contribution in [1.82, 2.24) is 14.5 Å². The topological polar surface area (TPSA) is 43.9 Å². The summed E-state index contributed by atoms with van der Waals surface area (Å²) < 4.78 is 8.58. The second-order valence-corrected chi connectivity index (χ2v) is 12.6. The van der Waals surface area contributed by atoms with E-state index in [2.05, 4.69) is 145 Å². The molecule has 0 saturated heterocycles. The number of rotatable bonds is 7. The SMILES string of the molecule is C=Cc1c(/C(=C\C)c2ccc3c(c2)c2ccccc2n3-c2nccc(-c3ccc(-c4cccc(-c5ccccc5)c4)cc3)n2)oc2ccccc12. The van der Waals surface area contributed by atoms with Crippen LogP contribution >= 0.6 is 0 Å². The summed E-state index contributed by atoms with van der Waals surface area (Å²) >= 11 is 0. The quantitative estimate of drug-likeness (QED) is 0.172. The molecule has 0 aliphatic rings. The zero-order valence-corrected chi connectivity index (χ0v) is 28.1. The van der Waals surface area contributed by atoms with E-state index in [1.165, 1.54) is 16.7 Å². The van der Waals surface area contributed by atoms with Gasteiger partial charge in [-0.3, -0.25) is 4.57 Å². The summed E-state index contributed by atoms with van der Waals surface area (Å²) in [5, 5.41) is 3.31. The third kappa shape index (κ3) is 5.25. The summed E-state index contributed by atoms with van der Waals surface area (Å²) in [6, 6.07) is 52.9. The number of allylic oxidation sites excluding steroid dienone is 1. The van der Waals surface area contributed by atoms with E-state index in [4.69, 9.17) is 14.4 Å². The molecule has 9 aromatic rings. The molecule has 6 aromatic carbocycles. The van der Waals surface area contributed by atoms with E-state index in [1.807, 2.05) is 42.6 Å². The van der Waals surface area contributed by atoms with Gasteiger partial charge >= 0.3 is 0 Å². The monoisotopic (exact) mass is 655 g/mol. The predicted octanol–water partition coefficient (Wildman–Crippen LogP) is 12.4. The number of benzene rings is 6. The van der Waals surface area contributed by atoms with Gasteiger partial charge < -0.3 is 4.42 Å². The van der Waals surface area contributed by atoms with E-state index in [0.29, 0.717) is 5.95 Å². The highest BCUT2D eigenvalue weighted by Gasteiger charge is 2.20. The van der Waals surface area contributed by atoms with Crippen LogP contribution < -0.4 is 0 Å². The zero-order valence-electron chi connectivity index (χ0n) is 28.1. The molecule has 4 heteroatoms. The number of hydrogen-bond donors (Lipinski definition) is 0. The number of hydrogen-bond acceptors (Lipinski definition) is 3. The van der Waals surface area contributed by atoms with E-state index in [-0.39, 0.29) is 0 Å². The normalized spacial score (nSPS) is 11.8. The predicted molar refractivity (Wildman–Crippen MR) is 212 cm³/mol. The van der Waals surface area contributed by atoms with Crippen molar-refractivity contribution in [3.63, 3.8) is 0 Å². The van der Waals surface area contributed by atoms with Gasteiger partial charge in [0.15, 0.2) is 0 Å². The highest BCUT2D eigenvalue weighted by Crippen LogP contribution is 2.38. The van der Waals surface area contributed by atoms with Crippen molar-refractivity contribution in [1.29, 1.82) is 0 Å². The van der Waals surface area contributed by atoms with Crippen LogP contribution in [0.2, 0.25) is 0 Å². The minimum absolute atomic E-state index is 0.628. The lowest BCUT2D eigenvalue weighted by atomic mass is 9.97. The Balaban J connectivity index is 1.09. The van der Waals surface area contributed by atoms with Crippen LogP contribution in [-0.4, -0.2) is 14.5 Å². The number of nitrogens with zero attached hydrogens (tertiary/aromatic N) is 3. The lowest BCUT2D eigenvalue weighted by Crippen LogP contribution is -2.01. The maximum absolute atomic E-state index is 6.42. The molecule has 242 valence electrons. The largest absolute Gasteiger partial charge is 0.455 e. The Hall–Kier alpha value is -6.78. The second kappa shape index (κ2) is 12.6. The van der Waals surface area contributed by atoms with Gasteiger partial charge in [0.25, 0.3) is 0 Å². The molecular formula is C47H33N3O. The Morgan fingerprint density at radius 2 is 1.27 bits per heavy atom. The minimum Gasteiger partial charge on any atom is -0.455 e. The molecule has 51 heavy (non-hydrogen) atoms. The van der Waals surface area contributed by atoms with Gasteiger partial charge in [0.1, 0.15) is 11.3 Å². The summed E-state index contributed by atoms with van der Waals surface area (Å²) in [6.07, 6.45) is 5.85. The van der Waals surface area contributed by atoms with Crippen LogP contribution in [0.25, 0.3) is 83.9 Å². The van der Waals surface area contributed by atoms with Crippen LogP contribution in [0, 0.1) is 0 Å². The molecule has 0 aliphatic carbocycles. The maximum Gasteiger partial charge on any atom is 0.235 e. The van der Waals surface area contributed by atoms with Crippen molar-refractivity contribution < 1.29 is 4.42 Å². The van der Waals surface area contributed by atoms with Crippen LogP contribution in [0.15, 0.2) is 175 Å². The van der Waals surface area contributed by atoms with Gasteiger partial charge in [0.05, 0.1) is 16.7 Å². The Morgan fingerprint density at radius 1 is 0.608 bits per heavy atom. The van der Waals surface area contributed by atoms with Gasteiger partial charge in [-0.25, -0.2) is 9.97 Å². The lowest BCUT2D eigenvalue weighted by molar-refractivity contribution is 0.599. The first-order chi connectivity index (χ1) is 25.2. The van der Waals surface area contributed by atoms with Crippen molar-refractivity contribution in [2.24, 2.45) is 0 Å². The van der Waals surface area contributed by atoms with E-state index in [9.17, 15) is 0 Å². The first-order valence-electron chi connectivity index (χ1n) is 17.1. The van der Waals surface area contributed by atoms with E-state index >= 15 is 0 Å². The fraction of sp³-hybridized carbons (Fsp3) is 0.0213. The van der Waals surface area contributed by atoms with E-state index in [0.717, 1.165) is 72.1 Å². The Kier molecular flexibility index (Phi) is 7.48. The molecule has 0 radical (unpaired) electrons. The van der Waals surface area contributed by atoms with Crippen LogP contribution in [-0.2, 0) is 0 Å². The molecule has 0 bridgehead atoms. The van der Waals surface area contributed by atoms with E-state index < -0.39 is 0 Å². The average molecular weight is 656 g/mol. The van der Waals surface area contributed by atoms with Crippen LogP contribution in [0.4, 0.5) is 0 Å². The van der Waals surface area contributed by atoms with Crippen LogP contribution in [0.3, 0.4) is 0 Å². The molecule has 4 nitrogen and oxygen atoms in total. The fourth-order valence-corrected chi connectivity index (χ4v) is 7.21. The Labute approximate surface area is 296 Å². The van der Waals surface area contributed by atoms with E-state index in [1.54, 1.807) is 0 Å². The van der Waals surface area contributed by atoms with Gasteiger partial charge in [-0.15, -0.1) is 0 Å². The van der Waals surface area contributed by atoms with Crippen molar-refractivity contribution >= 4 is 44.4 Å². The Bertz CT molecular complexity index is 2770. The molecule has 0 fully saturated rings. The van der Waals surface area contributed by atoms with Crippen LogP contribution in [0.1, 0.15) is 23.8 Å². The summed E-state index contributed by atoms with van der Waals surface area (Å²) in [5.41, 5.74) is 12.7. The zero-order chi connectivity index (χ0) is 34.3. The number of para-hydroxylation sites is 2. The van der Waals surface area contributed by atoms with Gasteiger partial charge in [-0.05, 0) is 71.1 Å². The lowest BCUT2D eigenvalue weighted by Gasteiger charge is -2.10. The van der Waals surface area contributed by atoms with Crippen LogP contribution in [0.5, 0.6) is 0 Å². The van der Waals surface area contributed by atoms with Gasteiger partial charge in [-0.2, -0.15) is 0 Å². The third-order valence-electron chi connectivity index (χ3n) is 9.68.